The second-order valence-corrected chi connectivity index (χ2v) is 5.13. The first-order valence-electron chi connectivity index (χ1n) is 6.52. The van der Waals surface area contributed by atoms with Crippen molar-refractivity contribution in [1.82, 2.24) is 5.32 Å². The Kier molecular flexibility index (Phi) is 5.45. The molecule has 106 valence electrons. The molecule has 0 radical (unpaired) electrons. The SMILES string of the molecule is COCC(CCO)NCc1cc(Cl)cc2c1OCC2. The molecule has 1 aliphatic heterocycles. The van der Waals surface area contributed by atoms with E-state index < -0.39 is 0 Å². The van der Waals surface area contributed by atoms with Crippen LogP contribution in [0.15, 0.2) is 12.1 Å². The van der Waals surface area contributed by atoms with Gasteiger partial charge in [-0.3, -0.25) is 0 Å². The van der Waals surface area contributed by atoms with Gasteiger partial charge < -0.3 is 19.9 Å². The summed E-state index contributed by atoms with van der Waals surface area (Å²) in [5.41, 5.74) is 2.24. The number of ether oxygens (including phenoxy) is 2. The number of aliphatic hydroxyl groups excluding tert-OH is 1. The first kappa shape index (κ1) is 14.6. The largest absolute Gasteiger partial charge is 0.493 e. The predicted octanol–water partition coefficient (Wildman–Crippen LogP) is 1.76. The monoisotopic (exact) mass is 285 g/mol. The molecular weight excluding hydrogens is 266 g/mol. The maximum atomic E-state index is 9.02. The van der Waals surface area contributed by atoms with E-state index in [1.807, 2.05) is 12.1 Å². The van der Waals surface area contributed by atoms with Gasteiger partial charge in [-0.15, -0.1) is 0 Å². The number of hydrogen-bond acceptors (Lipinski definition) is 4. The lowest BCUT2D eigenvalue weighted by Gasteiger charge is -2.18. The highest BCUT2D eigenvalue weighted by Gasteiger charge is 2.18. The van der Waals surface area contributed by atoms with Crippen molar-refractivity contribution in [3.8, 4) is 5.75 Å². The average molecular weight is 286 g/mol. The highest BCUT2D eigenvalue weighted by molar-refractivity contribution is 6.30. The Labute approximate surface area is 118 Å². The van der Waals surface area contributed by atoms with Crippen LogP contribution in [0, 0.1) is 0 Å². The Morgan fingerprint density at radius 1 is 1.53 bits per heavy atom. The van der Waals surface area contributed by atoms with Gasteiger partial charge in [-0.05, 0) is 24.1 Å². The molecule has 0 saturated heterocycles. The summed E-state index contributed by atoms with van der Waals surface area (Å²) in [7, 11) is 1.66. The fraction of sp³-hybridized carbons (Fsp3) is 0.571. The summed E-state index contributed by atoms with van der Waals surface area (Å²) < 4.78 is 10.8. The van der Waals surface area contributed by atoms with Gasteiger partial charge in [0.1, 0.15) is 5.75 Å². The summed E-state index contributed by atoms with van der Waals surface area (Å²) in [6, 6.07) is 4.03. The van der Waals surface area contributed by atoms with Crippen molar-refractivity contribution in [3.63, 3.8) is 0 Å². The molecule has 1 unspecified atom stereocenters. The topological polar surface area (TPSA) is 50.7 Å². The first-order chi connectivity index (χ1) is 9.24. The lowest BCUT2D eigenvalue weighted by Crippen LogP contribution is -2.33. The minimum Gasteiger partial charge on any atom is -0.493 e. The van der Waals surface area contributed by atoms with Crippen LogP contribution >= 0.6 is 11.6 Å². The van der Waals surface area contributed by atoms with E-state index in [1.54, 1.807) is 7.11 Å². The van der Waals surface area contributed by atoms with Crippen LogP contribution < -0.4 is 10.1 Å². The number of halogens is 1. The zero-order valence-corrected chi connectivity index (χ0v) is 11.9. The van der Waals surface area contributed by atoms with Gasteiger partial charge in [-0.25, -0.2) is 0 Å². The van der Waals surface area contributed by atoms with Crippen LogP contribution in [0.4, 0.5) is 0 Å². The molecular formula is C14H20ClNO3. The van der Waals surface area contributed by atoms with E-state index in [0.717, 1.165) is 29.4 Å². The Morgan fingerprint density at radius 2 is 2.37 bits per heavy atom. The number of hydrogen-bond donors (Lipinski definition) is 2. The van der Waals surface area contributed by atoms with Crippen LogP contribution in [0.1, 0.15) is 17.5 Å². The van der Waals surface area contributed by atoms with Gasteiger partial charge in [0.05, 0.1) is 13.2 Å². The van der Waals surface area contributed by atoms with Gasteiger partial charge in [0.15, 0.2) is 0 Å². The van der Waals surface area contributed by atoms with E-state index in [-0.39, 0.29) is 12.6 Å². The fourth-order valence-electron chi connectivity index (χ4n) is 2.33. The van der Waals surface area contributed by atoms with E-state index in [9.17, 15) is 0 Å². The van der Waals surface area contributed by atoms with E-state index >= 15 is 0 Å². The maximum Gasteiger partial charge on any atom is 0.127 e. The van der Waals surface area contributed by atoms with Gasteiger partial charge in [0.2, 0.25) is 0 Å². The Bertz CT molecular complexity index is 419. The molecule has 0 fully saturated rings. The van der Waals surface area contributed by atoms with Gasteiger partial charge in [-0.2, -0.15) is 0 Å². The predicted molar refractivity (Wildman–Crippen MR) is 74.9 cm³/mol. The molecule has 2 N–H and O–H groups in total. The summed E-state index contributed by atoms with van der Waals surface area (Å²) in [5, 5.41) is 13.1. The molecule has 0 saturated carbocycles. The van der Waals surface area contributed by atoms with E-state index in [4.69, 9.17) is 26.2 Å². The normalized spacial score (nSPS) is 15.1. The first-order valence-corrected chi connectivity index (χ1v) is 6.89. The van der Waals surface area contributed by atoms with Crippen LogP contribution in [-0.4, -0.2) is 38.1 Å². The standard InChI is InChI=1S/C14H20ClNO3/c1-18-9-13(2-4-17)16-8-11-7-12(15)6-10-3-5-19-14(10)11/h6-7,13,16-17H,2-5,8-9H2,1H3. The fourth-order valence-corrected chi connectivity index (χ4v) is 2.60. The Balaban J connectivity index is 2.02. The molecule has 1 aliphatic rings. The van der Waals surface area contributed by atoms with Crippen molar-refractivity contribution in [3.05, 3.63) is 28.3 Å². The number of fused-ring (bicyclic) bond motifs is 1. The van der Waals surface area contributed by atoms with Crippen LogP contribution in [-0.2, 0) is 17.7 Å². The van der Waals surface area contributed by atoms with Crippen molar-refractivity contribution in [2.45, 2.75) is 25.4 Å². The van der Waals surface area contributed by atoms with Crippen LogP contribution in [0.5, 0.6) is 5.75 Å². The summed E-state index contributed by atoms with van der Waals surface area (Å²) in [5.74, 6) is 0.956. The lowest BCUT2D eigenvalue weighted by molar-refractivity contribution is 0.148. The second-order valence-electron chi connectivity index (χ2n) is 4.70. The Hall–Kier alpha value is -0.810. The van der Waals surface area contributed by atoms with Crippen LogP contribution in [0.3, 0.4) is 0 Å². The molecule has 0 amide bonds. The third-order valence-electron chi connectivity index (χ3n) is 3.25. The third kappa shape index (κ3) is 3.83. The lowest BCUT2D eigenvalue weighted by atomic mass is 10.1. The smallest absolute Gasteiger partial charge is 0.127 e. The van der Waals surface area contributed by atoms with E-state index in [1.165, 1.54) is 5.56 Å². The Morgan fingerprint density at radius 3 is 3.11 bits per heavy atom. The average Bonchev–Trinajstić information content (AvgIpc) is 2.84. The van der Waals surface area contributed by atoms with E-state index in [2.05, 4.69) is 5.32 Å². The number of nitrogens with one attached hydrogen (secondary N) is 1. The molecule has 1 atom stereocenters. The minimum absolute atomic E-state index is 0.131. The molecule has 19 heavy (non-hydrogen) atoms. The molecule has 0 aromatic heterocycles. The van der Waals surface area contributed by atoms with Crippen molar-refractivity contribution in [2.24, 2.45) is 0 Å². The molecule has 0 aliphatic carbocycles. The molecule has 1 aromatic carbocycles. The summed E-state index contributed by atoms with van der Waals surface area (Å²) in [4.78, 5) is 0. The highest BCUT2D eigenvalue weighted by Crippen LogP contribution is 2.32. The number of aliphatic hydroxyl groups is 1. The molecule has 2 rings (SSSR count). The quantitative estimate of drug-likeness (QED) is 0.802. The van der Waals surface area contributed by atoms with Crippen molar-refractivity contribution < 1.29 is 14.6 Å². The summed E-state index contributed by atoms with van der Waals surface area (Å²) in [6.45, 7) is 2.10. The zero-order chi connectivity index (χ0) is 13.7. The van der Waals surface area contributed by atoms with Gasteiger partial charge in [-0.1, -0.05) is 11.6 Å². The molecule has 0 spiro atoms. The number of rotatable bonds is 7. The van der Waals surface area contributed by atoms with Crippen molar-refractivity contribution in [2.75, 3.05) is 26.9 Å². The van der Waals surface area contributed by atoms with E-state index in [0.29, 0.717) is 19.6 Å². The highest BCUT2D eigenvalue weighted by atomic mass is 35.5. The maximum absolute atomic E-state index is 9.02. The molecule has 0 bridgehead atoms. The summed E-state index contributed by atoms with van der Waals surface area (Å²) in [6.07, 6.45) is 1.58. The summed E-state index contributed by atoms with van der Waals surface area (Å²) >= 11 is 6.12. The van der Waals surface area contributed by atoms with Gasteiger partial charge in [0, 0.05) is 43.3 Å². The second kappa shape index (κ2) is 7.10. The van der Waals surface area contributed by atoms with Crippen molar-refractivity contribution in [1.29, 1.82) is 0 Å². The molecule has 1 aromatic rings. The van der Waals surface area contributed by atoms with Crippen LogP contribution in [0.25, 0.3) is 0 Å². The van der Waals surface area contributed by atoms with Gasteiger partial charge >= 0.3 is 0 Å². The zero-order valence-electron chi connectivity index (χ0n) is 11.1. The van der Waals surface area contributed by atoms with Crippen molar-refractivity contribution >= 4 is 11.6 Å². The van der Waals surface area contributed by atoms with Gasteiger partial charge in [0.25, 0.3) is 0 Å². The van der Waals surface area contributed by atoms with Crippen LogP contribution in [0.2, 0.25) is 5.02 Å². The third-order valence-corrected chi connectivity index (χ3v) is 3.47. The minimum atomic E-state index is 0.131. The molecule has 1 heterocycles. The molecule has 4 nitrogen and oxygen atoms in total. The number of methoxy groups -OCH3 is 1. The number of benzene rings is 1. The molecule has 5 heteroatoms.